The Kier molecular flexibility index (Phi) is 7.26. The highest BCUT2D eigenvalue weighted by atomic mass is 32.1. The van der Waals surface area contributed by atoms with Crippen molar-refractivity contribution in [2.75, 3.05) is 19.0 Å². The van der Waals surface area contributed by atoms with Crippen LogP contribution < -0.4 is 10.1 Å². The minimum Gasteiger partial charge on any atom is -0.481 e. The molecule has 168 valence electrons. The van der Waals surface area contributed by atoms with E-state index in [0.29, 0.717) is 0 Å². The van der Waals surface area contributed by atoms with Gasteiger partial charge in [-0.25, -0.2) is 19.9 Å². The van der Waals surface area contributed by atoms with E-state index >= 15 is 0 Å². The highest BCUT2D eigenvalue weighted by Crippen LogP contribution is 2.30. The fourth-order valence-corrected chi connectivity index (χ4v) is 4.83. The summed E-state index contributed by atoms with van der Waals surface area (Å²) >= 11 is 1.49. The van der Waals surface area contributed by atoms with Gasteiger partial charge in [0.25, 0.3) is 0 Å². The number of unbranched alkanes of at least 4 members (excludes halogenated alkanes) is 1. The number of anilines is 1. The molecule has 0 bridgehead atoms. The molecular formula is C23H27N5O3S. The maximum absolute atomic E-state index is 11.4. The first-order valence-electron chi connectivity index (χ1n) is 10.9. The van der Waals surface area contributed by atoms with Gasteiger partial charge in [0.1, 0.15) is 10.8 Å². The number of carbonyl (C=O) groups is 1. The van der Waals surface area contributed by atoms with E-state index in [1.807, 2.05) is 5.38 Å². The molecule has 0 radical (unpaired) electrons. The normalized spacial score (nSPS) is 13.8. The Morgan fingerprint density at radius 2 is 1.97 bits per heavy atom. The van der Waals surface area contributed by atoms with Crippen LogP contribution in [0, 0.1) is 0 Å². The van der Waals surface area contributed by atoms with Gasteiger partial charge in [0.05, 0.1) is 19.2 Å². The number of carboxylic acids is 1. The van der Waals surface area contributed by atoms with Gasteiger partial charge in [0, 0.05) is 35.9 Å². The van der Waals surface area contributed by atoms with Crippen LogP contribution in [0.5, 0.6) is 6.01 Å². The number of hydrogen-bond donors (Lipinski definition) is 2. The number of methoxy groups -OCH3 is 1. The van der Waals surface area contributed by atoms with Crippen LogP contribution in [0.3, 0.4) is 0 Å². The molecule has 4 heterocycles. The molecular weight excluding hydrogens is 426 g/mol. The Balaban J connectivity index is 1.34. The third-order valence-corrected chi connectivity index (χ3v) is 6.55. The summed E-state index contributed by atoms with van der Waals surface area (Å²) in [4.78, 5) is 29.1. The van der Waals surface area contributed by atoms with Crippen molar-refractivity contribution in [2.45, 2.75) is 50.9 Å². The predicted octanol–water partition coefficient (Wildman–Crippen LogP) is 3.87. The number of nitrogens with one attached hydrogen (secondary N) is 1. The molecule has 3 aromatic heterocycles. The van der Waals surface area contributed by atoms with Crippen LogP contribution in [0.25, 0.3) is 0 Å². The van der Waals surface area contributed by atoms with Crippen molar-refractivity contribution in [3.63, 3.8) is 0 Å². The fourth-order valence-electron chi connectivity index (χ4n) is 3.85. The SMILES string of the molecule is COc1ncc([C@H](CC(=O)O)c2nc(CCCCc3ccc4c(n3)NCCC4)cs2)cn1. The lowest BCUT2D eigenvalue weighted by Crippen LogP contribution is -2.14. The average Bonchev–Trinajstić information content (AvgIpc) is 3.29. The van der Waals surface area contributed by atoms with E-state index in [1.54, 1.807) is 12.4 Å². The molecule has 0 unspecified atom stereocenters. The zero-order valence-corrected chi connectivity index (χ0v) is 18.9. The number of thiazole rings is 1. The van der Waals surface area contributed by atoms with Crippen LogP contribution >= 0.6 is 11.3 Å². The Bertz CT molecular complexity index is 1050. The summed E-state index contributed by atoms with van der Waals surface area (Å²) < 4.78 is 4.99. The molecule has 0 aliphatic carbocycles. The summed E-state index contributed by atoms with van der Waals surface area (Å²) in [7, 11) is 1.50. The van der Waals surface area contributed by atoms with Gasteiger partial charge in [-0.2, -0.15) is 0 Å². The van der Waals surface area contributed by atoms with E-state index < -0.39 is 5.97 Å². The zero-order chi connectivity index (χ0) is 22.3. The summed E-state index contributed by atoms with van der Waals surface area (Å²) in [5, 5.41) is 15.6. The van der Waals surface area contributed by atoms with E-state index in [2.05, 4.69) is 27.4 Å². The van der Waals surface area contributed by atoms with Crippen molar-refractivity contribution in [1.29, 1.82) is 0 Å². The first-order chi connectivity index (χ1) is 15.6. The lowest BCUT2D eigenvalue weighted by Gasteiger charge is -2.17. The Labute approximate surface area is 191 Å². The number of rotatable bonds is 10. The monoisotopic (exact) mass is 453 g/mol. The molecule has 1 aliphatic heterocycles. The number of pyridine rings is 1. The van der Waals surface area contributed by atoms with Gasteiger partial charge in [-0.3, -0.25) is 4.79 Å². The molecule has 3 aromatic rings. The highest BCUT2D eigenvalue weighted by molar-refractivity contribution is 7.09. The molecule has 0 saturated heterocycles. The topological polar surface area (TPSA) is 110 Å². The van der Waals surface area contributed by atoms with E-state index in [0.717, 1.165) is 66.4 Å². The van der Waals surface area contributed by atoms with Gasteiger partial charge in [-0.15, -0.1) is 11.3 Å². The minimum atomic E-state index is -0.880. The van der Waals surface area contributed by atoms with Crippen LogP contribution in [0.4, 0.5) is 5.82 Å². The van der Waals surface area contributed by atoms with Crippen molar-refractivity contribution in [2.24, 2.45) is 0 Å². The molecule has 32 heavy (non-hydrogen) atoms. The van der Waals surface area contributed by atoms with Crippen LogP contribution in [0.15, 0.2) is 29.9 Å². The third-order valence-electron chi connectivity index (χ3n) is 5.55. The molecule has 0 saturated carbocycles. The van der Waals surface area contributed by atoms with Gasteiger partial charge in [-0.1, -0.05) is 6.07 Å². The zero-order valence-electron chi connectivity index (χ0n) is 18.1. The number of aliphatic carboxylic acids is 1. The largest absolute Gasteiger partial charge is 0.481 e. The number of ether oxygens (including phenoxy) is 1. The second kappa shape index (κ2) is 10.5. The molecule has 0 amide bonds. The molecule has 8 nitrogen and oxygen atoms in total. The van der Waals surface area contributed by atoms with Crippen LogP contribution in [-0.4, -0.2) is 44.7 Å². The molecule has 4 rings (SSSR count). The maximum Gasteiger partial charge on any atom is 0.316 e. The van der Waals surface area contributed by atoms with Gasteiger partial charge in [-0.05, 0) is 55.7 Å². The second-order valence-corrected chi connectivity index (χ2v) is 8.77. The summed E-state index contributed by atoms with van der Waals surface area (Å²) in [5.74, 6) is -0.205. The van der Waals surface area contributed by atoms with E-state index in [4.69, 9.17) is 14.7 Å². The van der Waals surface area contributed by atoms with Crippen LogP contribution in [0.2, 0.25) is 0 Å². The smallest absolute Gasteiger partial charge is 0.316 e. The molecule has 0 spiro atoms. The summed E-state index contributed by atoms with van der Waals surface area (Å²) in [6.07, 6.45) is 9.28. The van der Waals surface area contributed by atoms with Gasteiger partial charge in [0.15, 0.2) is 0 Å². The minimum absolute atomic E-state index is 0.0549. The number of hydrogen-bond acceptors (Lipinski definition) is 8. The van der Waals surface area contributed by atoms with Crippen molar-refractivity contribution >= 4 is 23.1 Å². The summed E-state index contributed by atoms with van der Waals surface area (Å²) in [6, 6.07) is 4.59. The van der Waals surface area contributed by atoms with Crippen LogP contribution in [0.1, 0.15) is 59.1 Å². The number of nitrogens with zero attached hydrogens (tertiary/aromatic N) is 4. The molecule has 9 heteroatoms. The van der Waals surface area contributed by atoms with Crippen molar-refractivity contribution in [3.8, 4) is 6.01 Å². The van der Waals surface area contributed by atoms with E-state index in [1.165, 1.54) is 30.4 Å². The maximum atomic E-state index is 11.4. The Hall–Kier alpha value is -3.07. The molecule has 0 fully saturated rings. The number of carboxylic acid groups (broad SMARTS) is 1. The van der Waals surface area contributed by atoms with Gasteiger partial charge in [0.2, 0.25) is 0 Å². The summed E-state index contributed by atoms with van der Waals surface area (Å²) in [5.41, 5.74) is 4.16. The Morgan fingerprint density at radius 3 is 2.72 bits per heavy atom. The van der Waals surface area contributed by atoms with Crippen molar-refractivity contribution < 1.29 is 14.6 Å². The van der Waals surface area contributed by atoms with E-state index in [-0.39, 0.29) is 18.3 Å². The quantitative estimate of drug-likeness (QED) is 0.445. The first-order valence-corrected chi connectivity index (χ1v) is 11.7. The highest BCUT2D eigenvalue weighted by Gasteiger charge is 2.22. The van der Waals surface area contributed by atoms with Crippen LogP contribution in [-0.2, 0) is 24.1 Å². The third kappa shape index (κ3) is 5.59. The second-order valence-electron chi connectivity index (χ2n) is 7.88. The average molecular weight is 454 g/mol. The number of fused-ring (bicyclic) bond motifs is 1. The molecule has 0 aromatic carbocycles. The molecule has 2 N–H and O–H groups in total. The lowest BCUT2D eigenvalue weighted by atomic mass is 9.99. The first kappa shape index (κ1) is 22.1. The fraction of sp³-hybridized carbons (Fsp3) is 0.435. The number of aromatic nitrogens is 4. The van der Waals surface area contributed by atoms with Crippen molar-refractivity contribution in [1.82, 2.24) is 19.9 Å². The molecule has 1 atom stereocenters. The van der Waals surface area contributed by atoms with Gasteiger partial charge < -0.3 is 15.2 Å². The van der Waals surface area contributed by atoms with E-state index in [9.17, 15) is 9.90 Å². The Morgan fingerprint density at radius 1 is 1.19 bits per heavy atom. The van der Waals surface area contributed by atoms with Crippen molar-refractivity contribution in [3.05, 3.63) is 57.4 Å². The standard InChI is InChI=1S/C23H27N5O3S/c1-31-23-25-12-16(13-26-23)19(11-20(29)30)22-28-18(14-32-22)7-3-2-6-17-9-8-15-5-4-10-24-21(15)27-17/h8-9,12-14,19H,2-7,10-11H2,1H3,(H,24,27)(H,29,30)/t19-/m0/s1. The number of aryl methyl sites for hydroxylation is 3. The van der Waals surface area contributed by atoms with Gasteiger partial charge >= 0.3 is 12.0 Å². The predicted molar refractivity (Wildman–Crippen MR) is 122 cm³/mol. The summed E-state index contributed by atoms with van der Waals surface area (Å²) in [6.45, 7) is 1.00. The molecule has 1 aliphatic rings. The lowest BCUT2D eigenvalue weighted by molar-refractivity contribution is -0.137.